The van der Waals surface area contributed by atoms with Gasteiger partial charge in [0.15, 0.2) is 6.61 Å². The van der Waals surface area contributed by atoms with E-state index in [0.717, 1.165) is 17.7 Å². The minimum absolute atomic E-state index is 0.0406. The summed E-state index contributed by atoms with van der Waals surface area (Å²) in [4.78, 5) is 12.2. The lowest BCUT2D eigenvalue weighted by atomic mass is 10.1. The van der Waals surface area contributed by atoms with Crippen molar-refractivity contribution in [2.24, 2.45) is 0 Å². The van der Waals surface area contributed by atoms with Crippen LogP contribution >= 0.6 is 23.2 Å². The first kappa shape index (κ1) is 22.9. The van der Waals surface area contributed by atoms with E-state index < -0.39 is 10.0 Å². The summed E-state index contributed by atoms with van der Waals surface area (Å²) < 4.78 is 33.1. The average Bonchev–Trinajstić information content (AvgIpc) is 2.74. The lowest BCUT2D eigenvalue weighted by Crippen LogP contribution is -2.21. The molecule has 3 aromatic carbocycles. The summed E-state index contributed by atoms with van der Waals surface area (Å²) in [5, 5.41) is 3.36. The molecule has 2 N–H and O–H groups in total. The Bertz CT molecular complexity index is 1180. The van der Waals surface area contributed by atoms with Crippen LogP contribution in [0.4, 0.5) is 11.4 Å². The first-order valence-corrected chi connectivity index (χ1v) is 11.6. The molecule has 0 aromatic heterocycles. The molecule has 9 heteroatoms. The highest BCUT2D eigenvalue weighted by atomic mass is 35.5. The molecule has 0 heterocycles. The summed E-state index contributed by atoms with van der Waals surface area (Å²) >= 11 is 12.0. The van der Waals surface area contributed by atoms with E-state index in [2.05, 4.69) is 10.0 Å². The van der Waals surface area contributed by atoms with Gasteiger partial charge in [-0.25, -0.2) is 8.42 Å². The highest BCUT2D eigenvalue weighted by Gasteiger charge is 2.17. The third kappa shape index (κ3) is 6.13. The minimum atomic E-state index is -3.86. The Labute approximate surface area is 191 Å². The number of hydrogen-bond donors (Lipinski definition) is 2. The van der Waals surface area contributed by atoms with Crippen LogP contribution in [0.5, 0.6) is 5.75 Å². The molecule has 0 saturated carbocycles. The predicted molar refractivity (Wildman–Crippen MR) is 124 cm³/mol. The molecule has 1 amide bonds. The monoisotopic (exact) mass is 478 g/mol. The first-order valence-electron chi connectivity index (χ1n) is 9.37. The molecule has 0 fully saturated rings. The van der Waals surface area contributed by atoms with E-state index in [-0.39, 0.29) is 28.2 Å². The largest absolute Gasteiger partial charge is 0.482 e. The fraction of sp³-hybridized carbons (Fsp3) is 0.136. The predicted octanol–water partition coefficient (Wildman–Crippen LogP) is 5.37. The number of hydrogen-bond acceptors (Lipinski definition) is 4. The van der Waals surface area contributed by atoms with Crippen molar-refractivity contribution in [2.45, 2.75) is 18.2 Å². The highest BCUT2D eigenvalue weighted by Crippen LogP contribution is 2.28. The number of ether oxygens (including phenoxy) is 1. The van der Waals surface area contributed by atoms with E-state index in [1.165, 1.54) is 18.2 Å². The topological polar surface area (TPSA) is 84.5 Å². The van der Waals surface area contributed by atoms with Crippen molar-refractivity contribution in [1.82, 2.24) is 0 Å². The Morgan fingerprint density at radius 1 is 1.00 bits per heavy atom. The number of carbonyl (C=O) groups excluding carboxylic acids is 1. The zero-order valence-electron chi connectivity index (χ0n) is 16.6. The van der Waals surface area contributed by atoms with Crippen LogP contribution in [0.15, 0.2) is 71.6 Å². The standard InChI is InChI=1S/C22H20Cl2N2O4S/c1-2-15-5-3-4-6-20(15)25-22(27)14-30-21-12-11-18(13-19(21)24)31(28,29)26-17-9-7-16(23)8-10-17/h3-13,26H,2,14H2,1H3,(H,25,27). The Balaban J connectivity index is 1.65. The van der Waals surface area contributed by atoms with Gasteiger partial charge in [-0.2, -0.15) is 0 Å². The molecule has 0 saturated heterocycles. The van der Waals surface area contributed by atoms with Crippen LogP contribution in [-0.4, -0.2) is 20.9 Å². The fourth-order valence-electron chi connectivity index (χ4n) is 2.78. The molecule has 0 atom stereocenters. The molecule has 6 nitrogen and oxygen atoms in total. The van der Waals surface area contributed by atoms with Crippen LogP contribution in [0, 0.1) is 0 Å². The summed E-state index contributed by atoms with van der Waals surface area (Å²) in [6, 6.07) is 17.8. The quantitative estimate of drug-likeness (QED) is 0.455. The average molecular weight is 479 g/mol. The van der Waals surface area contributed by atoms with Crippen molar-refractivity contribution in [3.63, 3.8) is 0 Å². The van der Waals surface area contributed by atoms with E-state index >= 15 is 0 Å². The summed E-state index contributed by atoms with van der Waals surface area (Å²) in [7, 11) is -3.86. The van der Waals surface area contributed by atoms with Crippen molar-refractivity contribution in [3.05, 3.63) is 82.3 Å². The number of aryl methyl sites for hydroxylation is 1. The van der Waals surface area contributed by atoms with Crippen molar-refractivity contribution in [1.29, 1.82) is 0 Å². The third-order valence-corrected chi connectivity index (χ3v) is 6.27. The van der Waals surface area contributed by atoms with Crippen LogP contribution < -0.4 is 14.8 Å². The molecule has 3 rings (SSSR count). The van der Waals surface area contributed by atoms with E-state index in [9.17, 15) is 13.2 Å². The number of carbonyl (C=O) groups is 1. The number of nitrogens with one attached hydrogen (secondary N) is 2. The van der Waals surface area contributed by atoms with Crippen LogP contribution in [0.2, 0.25) is 10.0 Å². The van der Waals surface area contributed by atoms with Crippen molar-refractivity contribution < 1.29 is 17.9 Å². The molecule has 0 aliphatic rings. The molecule has 162 valence electrons. The van der Waals surface area contributed by atoms with Gasteiger partial charge in [-0.3, -0.25) is 9.52 Å². The fourth-order valence-corrected chi connectivity index (χ4v) is 4.29. The summed E-state index contributed by atoms with van der Waals surface area (Å²) in [6.45, 7) is 1.73. The molecule has 0 aliphatic carbocycles. The van der Waals surface area contributed by atoms with Gasteiger partial charge in [0.25, 0.3) is 15.9 Å². The first-order chi connectivity index (χ1) is 14.8. The molecule has 31 heavy (non-hydrogen) atoms. The summed E-state index contributed by atoms with van der Waals surface area (Å²) in [6.07, 6.45) is 0.781. The van der Waals surface area contributed by atoms with E-state index in [0.29, 0.717) is 10.7 Å². The zero-order chi connectivity index (χ0) is 22.4. The Kier molecular flexibility index (Phi) is 7.43. The minimum Gasteiger partial charge on any atom is -0.482 e. The molecule has 0 unspecified atom stereocenters. The molecule has 0 aliphatic heterocycles. The maximum absolute atomic E-state index is 12.6. The number of amides is 1. The molecule has 0 bridgehead atoms. The normalized spacial score (nSPS) is 11.1. The van der Waals surface area contributed by atoms with Crippen molar-refractivity contribution in [2.75, 3.05) is 16.6 Å². The highest BCUT2D eigenvalue weighted by molar-refractivity contribution is 7.92. The van der Waals surface area contributed by atoms with Gasteiger partial charge in [-0.1, -0.05) is 48.3 Å². The second-order valence-electron chi connectivity index (χ2n) is 6.55. The number of sulfonamides is 1. The van der Waals surface area contributed by atoms with Gasteiger partial charge in [-0.05, 0) is 60.5 Å². The van der Waals surface area contributed by atoms with Gasteiger partial charge in [0.1, 0.15) is 5.75 Å². The summed E-state index contributed by atoms with van der Waals surface area (Å²) in [5.74, 6) is -0.149. The Hall–Kier alpha value is -2.74. The van der Waals surface area contributed by atoms with E-state index in [1.54, 1.807) is 24.3 Å². The Morgan fingerprint density at radius 3 is 2.39 bits per heavy atom. The summed E-state index contributed by atoms with van der Waals surface area (Å²) in [5.41, 5.74) is 2.10. The third-order valence-electron chi connectivity index (χ3n) is 4.34. The van der Waals surface area contributed by atoms with Gasteiger partial charge in [0.2, 0.25) is 0 Å². The molecule has 0 radical (unpaired) electrons. The van der Waals surface area contributed by atoms with E-state index in [1.807, 2.05) is 31.2 Å². The van der Waals surface area contributed by atoms with Crippen LogP contribution in [0.3, 0.4) is 0 Å². The van der Waals surface area contributed by atoms with E-state index in [4.69, 9.17) is 27.9 Å². The van der Waals surface area contributed by atoms with Crippen LogP contribution in [0.1, 0.15) is 12.5 Å². The molecule has 3 aromatic rings. The maximum Gasteiger partial charge on any atom is 0.262 e. The van der Waals surface area contributed by atoms with Gasteiger partial charge in [0, 0.05) is 16.4 Å². The SMILES string of the molecule is CCc1ccccc1NC(=O)COc1ccc(S(=O)(=O)Nc2ccc(Cl)cc2)cc1Cl. The molecular formula is C22H20Cl2N2O4S. The van der Waals surface area contributed by atoms with Crippen molar-refractivity contribution in [3.8, 4) is 5.75 Å². The number of anilines is 2. The van der Waals surface area contributed by atoms with Gasteiger partial charge < -0.3 is 10.1 Å². The second kappa shape index (κ2) is 10.0. The van der Waals surface area contributed by atoms with Crippen molar-refractivity contribution >= 4 is 50.5 Å². The van der Waals surface area contributed by atoms with Crippen LogP contribution in [0.25, 0.3) is 0 Å². The number of rotatable bonds is 8. The molecular weight excluding hydrogens is 459 g/mol. The zero-order valence-corrected chi connectivity index (χ0v) is 18.9. The maximum atomic E-state index is 12.6. The Morgan fingerprint density at radius 2 is 1.71 bits per heavy atom. The lowest BCUT2D eigenvalue weighted by molar-refractivity contribution is -0.118. The van der Waals surface area contributed by atoms with Crippen LogP contribution in [-0.2, 0) is 21.2 Å². The number of benzene rings is 3. The van der Waals surface area contributed by atoms with Gasteiger partial charge in [0.05, 0.1) is 9.92 Å². The molecule has 0 spiro atoms. The van der Waals surface area contributed by atoms with Gasteiger partial charge >= 0.3 is 0 Å². The second-order valence-corrected chi connectivity index (χ2v) is 9.08. The lowest BCUT2D eigenvalue weighted by Gasteiger charge is -2.12. The number of halogens is 2. The van der Waals surface area contributed by atoms with Gasteiger partial charge in [-0.15, -0.1) is 0 Å². The smallest absolute Gasteiger partial charge is 0.262 e. The number of para-hydroxylation sites is 1.